The maximum atomic E-state index is 13.8. The molecule has 4 aromatic rings. The molecule has 0 aliphatic carbocycles. The summed E-state index contributed by atoms with van der Waals surface area (Å²) in [5.74, 6) is 1.84. The summed E-state index contributed by atoms with van der Waals surface area (Å²) in [7, 11) is 3.19. The van der Waals surface area contributed by atoms with Gasteiger partial charge in [0.25, 0.3) is 5.91 Å². The van der Waals surface area contributed by atoms with Gasteiger partial charge in [0.2, 0.25) is 0 Å². The van der Waals surface area contributed by atoms with Crippen LogP contribution in [0, 0.1) is 11.3 Å². The first-order chi connectivity index (χ1) is 17.6. The molecule has 8 heteroatoms. The van der Waals surface area contributed by atoms with Gasteiger partial charge in [0, 0.05) is 43.3 Å². The minimum atomic E-state index is -0.0449. The third-order valence-electron chi connectivity index (χ3n) is 6.40. The summed E-state index contributed by atoms with van der Waals surface area (Å²) in [5.41, 5.74) is 3.41. The van der Waals surface area contributed by atoms with Gasteiger partial charge in [0.05, 0.1) is 36.6 Å². The molecule has 0 saturated carbocycles. The Morgan fingerprint density at radius 2 is 1.72 bits per heavy atom. The van der Waals surface area contributed by atoms with Crippen LogP contribution in [0.4, 0.5) is 5.82 Å². The fourth-order valence-corrected chi connectivity index (χ4v) is 4.52. The lowest BCUT2D eigenvalue weighted by Gasteiger charge is -2.36. The number of nitriles is 1. The Bertz CT molecular complexity index is 1470. The zero-order valence-corrected chi connectivity index (χ0v) is 20.1. The van der Waals surface area contributed by atoms with Gasteiger partial charge >= 0.3 is 0 Å². The fraction of sp³-hybridized carbons (Fsp3) is 0.214. The smallest absolute Gasteiger partial charge is 0.254 e. The van der Waals surface area contributed by atoms with Crippen molar-refractivity contribution in [2.45, 2.75) is 0 Å². The Morgan fingerprint density at radius 1 is 0.944 bits per heavy atom. The summed E-state index contributed by atoms with van der Waals surface area (Å²) in [4.78, 5) is 26.9. The molecular weight excluding hydrogens is 454 g/mol. The quantitative estimate of drug-likeness (QED) is 0.425. The second-order valence-electron chi connectivity index (χ2n) is 8.41. The van der Waals surface area contributed by atoms with Crippen LogP contribution in [0.5, 0.6) is 11.5 Å². The van der Waals surface area contributed by atoms with E-state index in [0.717, 1.165) is 16.5 Å². The first-order valence-electron chi connectivity index (χ1n) is 11.6. The molecule has 0 unspecified atom stereocenters. The van der Waals surface area contributed by atoms with Crippen molar-refractivity contribution in [3.63, 3.8) is 0 Å². The van der Waals surface area contributed by atoms with Crippen LogP contribution in [0.15, 0.2) is 66.9 Å². The number of methoxy groups -OCH3 is 2. The van der Waals surface area contributed by atoms with Gasteiger partial charge in [-0.05, 0) is 42.5 Å². The summed E-state index contributed by atoms with van der Waals surface area (Å²) in [5, 5.41) is 10.2. The number of hydrogen-bond acceptors (Lipinski definition) is 7. The molecule has 0 spiro atoms. The van der Waals surface area contributed by atoms with Gasteiger partial charge in [-0.3, -0.25) is 4.79 Å². The van der Waals surface area contributed by atoms with Crippen molar-refractivity contribution in [3.05, 3.63) is 78.0 Å². The highest BCUT2D eigenvalue weighted by Crippen LogP contribution is 2.33. The summed E-state index contributed by atoms with van der Waals surface area (Å²) in [6.07, 6.45) is 1.69. The first-order valence-corrected chi connectivity index (χ1v) is 11.6. The number of anilines is 1. The Morgan fingerprint density at radius 3 is 2.47 bits per heavy atom. The van der Waals surface area contributed by atoms with E-state index in [1.54, 1.807) is 32.5 Å². The molecule has 0 N–H and O–H groups in total. The van der Waals surface area contributed by atoms with Crippen molar-refractivity contribution in [1.29, 1.82) is 5.26 Å². The molecule has 8 nitrogen and oxygen atoms in total. The van der Waals surface area contributed by atoms with Crippen molar-refractivity contribution in [2.24, 2.45) is 0 Å². The number of hydrogen-bond donors (Lipinski definition) is 0. The molecule has 2 aromatic heterocycles. The van der Waals surface area contributed by atoms with E-state index in [-0.39, 0.29) is 5.91 Å². The van der Waals surface area contributed by atoms with Crippen molar-refractivity contribution in [3.8, 4) is 28.8 Å². The van der Waals surface area contributed by atoms with E-state index in [1.807, 2.05) is 53.4 Å². The number of para-hydroxylation sites is 1. The molecule has 0 atom stereocenters. The molecule has 1 fully saturated rings. The number of carbonyl (C=O) groups is 1. The highest BCUT2D eigenvalue weighted by molar-refractivity contribution is 6.07. The van der Waals surface area contributed by atoms with E-state index in [9.17, 15) is 10.1 Å². The molecule has 1 amide bonds. The van der Waals surface area contributed by atoms with Gasteiger partial charge in [-0.2, -0.15) is 5.26 Å². The predicted molar refractivity (Wildman–Crippen MR) is 137 cm³/mol. The highest BCUT2D eigenvalue weighted by Gasteiger charge is 2.26. The molecule has 1 aliphatic rings. The average molecular weight is 480 g/mol. The third-order valence-corrected chi connectivity index (χ3v) is 6.40. The number of fused-ring (bicyclic) bond motifs is 1. The van der Waals surface area contributed by atoms with Gasteiger partial charge < -0.3 is 19.3 Å². The molecule has 36 heavy (non-hydrogen) atoms. The lowest BCUT2D eigenvalue weighted by molar-refractivity contribution is 0.0748. The molecule has 2 aromatic carbocycles. The van der Waals surface area contributed by atoms with Gasteiger partial charge in [0.1, 0.15) is 11.9 Å². The van der Waals surface area contributed by atoms with Crippen LogP contribution in [-0.4, -0.2) is 61.2 Å². The maximum Gasteiger partial charge on any atom is 0.254 e. The number of rotatable bonds is 5. The Kier molecular flexibility index (Phi) is 6.37. The van der Waals surface area contributed by atoms with E-state index >= 15 is 0 Å². The third kappa shape index (κ3) is 4.27. The number of piperazine rings is 1. The summed E-state index contributed by atoms with van der Waals surface area (Å²) in [6.45, 7) is 2.26. The van der Waals surface area contributed by atoms with Gasteiger partial charge in [-0.25, -0.2) is 9.97 Å². The van der Waals surface area contributed by atoms with E-state index in [4.69, 9.17) is 14.5 Å². The number of aromatic nitrogens is 2. The van der Waals surface area contributed by atoms with Crippen molar-refractivity contribution >= 4 is 22.6 Å². The standard InChI is InChI=1S/C28H25N5O3/c1-35-25-10-9-19(16-26(25)36-2)24-17-22(21-7-3-4-8-23(21)31-24)28(34)33-14-12-32(13-15-33)27-20(18-29)6-5-11-30-27/h3-11,16-17H,12-15H2,1-2H3. The molecular formula is C28H25N5O3. The monoisotopic (exact) mass is 479 g/mol. The number of ether oxygens (including phenoxy) is 2. The van der Waals surface area contributed by atoms with Crippen LogP contribution in [0.25, 0.3) is 22.2 Å². The van der Waals surface area contributed by atoms with Crippen LogP contribution in [0.2, 0.25) is 0 Å². The molecule has 180 valence electrons. The molecule has 5 rings (SSSR count). The zero-order chi connectivity index (χ0) is 25.1. The summed E-state index contributed by atoms with van der Waals surface area (Å²) in [6, 6.07) is 20.9. The SMILES string of the molecule is COc1ccc(-c2cc(C(=O)N3CCN(c4ncccc4C#N)CC3)c3ccccc3n2)cc1OC. The number of carbonyl (C=O) groups excluding carboxylic acids is 1. The fourth-order valence-electron chi connectivity index (χ4n) is 4.52. The molecule has 0 radical (unpaired) electrons. The van der Waals surface area contributed by atoms with Crippen LogP contribution in [0.1, 0.15) is 15.9 Å². The normalized spacial score (nSPS) is 13.4. The second-order valence-corrected chi connectivity index (χ2v) is 8.41. The number of benzene rings is 2. The van der Waals surface area contributed by atoms with Crippen molar-refractivity contribution < 1.29 is 14.3 Å². The Labute approximate surface area is 209 Å². The average Bonchev–Trinajstić information content (AvgIpc) is 2.95. The van der Waals surface area contributed by atoms with Crippen molar-refractivity contribution in [1.82, 2.24) is 14.9 Å². The summed E-state index contributed by atoms with van der Waals surface area (Å²) < 4.78 is 10.8. The Hall–Kier alpha value is -4.64. The van der Waals surface area contributed by atoms with E-state index in [0.29, 0.717) is 60.3 Å². The molecule has 1 aliphatic heterocycles. The van der Waals surface area contributed by atoms with Crippen LogP contribution in [0.3, 0.4) is 0 Å². The molecule has 3 heterocycles. The minimum Gasteiger partial charge on any atom is -0.493 e. The topological polar surface area (TPSA) is 91.6 Å². The second kappa shape index (κ2) is 9.92. The van der Waals surface area contributed by atoms with Gasteiger partial charge in [-0.15, -0.1) is 0 Å². The van der Waals surface area contributed by atoms with Crippen LogP contribution in [-0.2, 0) is 0 Å². The number of nitrogens with zero attached hydrogens (tertiary/aromatic N) is 5. The van der Waals surface area contributed by atoms with Crippen LogP contribution < -0.4 is 14.4 Å². The predicted octanol–water partition coefficient (Wildman–Crippen LogP) is 4.15. The minimum absolute atomic E-state index is 0.0449. The van der Waals surface area contributed by atoms with Gasteiger partial charge in [0.15, 0.2) is 11.5 Å². The van der Waals surface area contributed by atoms with Crippen LogP contribution >= 0.6 is 0 Å². The van der Waals surface area contributed by atoms with Crippen molar-refractivity contribution in [2.75, 3.05) is 45.3 Å². The first kappa shape index (κ1) is 23.1. The van der Waals surface area contributed by atoms with Gasteiger partial charge in [-0.1, -0.05) is 18.2 Å². The largest absolute Gasteiger partial charge is 0.493 e. The zero-order valence-electron chi connectivity index (χ0n) is 20.1. The highest BCUT2D eigenvalue weighted by atomic mass is 16.5. The number of amides is 1. The van der Waals surface area contributed by atoms with E-state index < -0.39 is 0 Å². The van der Waals surface area contributed by atoms with E-state index in [1.165, 1.54) is 0 Å². The maximum absolute atomic E-state index is 13.8. The lowest BCUT2D eigenvalue weighted by Crippen LogP contribution is -2.49. The molecule has 1 saturated heterocycles. The lowest BCUT2D eigenvalue weighted by atomic mass is 10.0. The van der Waals surface area contributed by atoms with E-state index in [2.05, 4.69) is 16.0 Å². The number of pyridine rings is 2. The molecule has 0 bridgehead atoms. The Balaban J connectivity index is 1.46. The summed E-state index contributed by atoms with van der Waals surface area (Å²) >= 11 is 0.